The minimum atomic E-state index is -1.99. The highest BCUT2D eigenvalue weighted by Gasteiger charge is 2.47. The first-order chi connectivity index (χ1) is 20.7. The quantitative estimate of drug-likeness (QED) is 0.128. The maximum Gasteiger partial charge on any atom is 0.238 e. The molecule has 11 N–H and O–H groups in total. The van der Waals surface area contributed by atoms with Gasteiger partial charge >= 0.3 is 0 Å². The van der Waals surface area contributed by atoms with Crippen LogP contribution in [-0.4, -0.2) is 124 Å². The molecule has 0 spiro atoms. The molecule has 5 rings (SSSR count). The second-order valence-electron chi connectivity index (χ2n) is 10.4. The van der Waals surface area contributed by atoms with Crippen LogP contribution in [0.2, 0.25) is 0 Å². The van der Waals surface area contributed by atoms with Crippen molar-refractivity contribution in [2.75, 3.05) is 6.61 Å². The van der Waals surface area contributed by atoms with Crippen molar-refractivity contribution in [3.8, 4) is 45.8 Å². The Hall–Kier alpha value is -3.91. The Morgan fingerprint density at radius 3 is 2.02 bits per heavy atom. The number of benzene rings is 2. The van der Waals surface area contributed by atoms with Gasteiger partial charge in [-0.3, -0.25) is 4.79 Å². The molecule has 17 heteroatoms. The number of fused-ring (bicyclic) bond motifs is 1. The van der Waals surface area contributed by atoms with Gasteiger partial charge in [0, 0.05) is 11.6 Å². The third kappa shape index (κ3) is 5.34. The van der Waals surface area contributed by atoms with Gasteiger partial charge in [0.2, 0.25) is 29.5 Å². The van der Waals surface area contributed by atoms with E-state index in [1.807, 2.05) is 0 Å². The van der Waals surface area contributed by atoms with Crippen molar-refractivity contribution in [3.05, 3.63) is 34.5 Å². The summed E-state index contributed by atoms with van der Waals surface area (Å²) in [6.07, 6.45) is -17.0. The highest BCUT2D eigenvalue weighted by atomic mass is 16.7. The van der Waals surface area contributed by atoms with Crippen LogP contribution in [0.4, 0.5) is 0 Å². The molecule has 0 aliphatic carbocycles. The van der Waals surface area contributed by atoms with Crippen LogP contribution in [0.1, 0.15) is 6.92 Å². The SMILES string of the molecule is C[C@H]1O[C@@H](Oc2cc(O)c3c(=O)c(O)c(-c4ccc(O)c(O)c4)oc3c2O[C@@H]2O[C@H](CO)[C@@H](O)[C@H](O)[C@H]2O)[C@H](O)[C@@H](O)[C@H]1O. The molecule has 3 heterocycles. The minimum absolute atomic E-state index is 0.140. The summed E-state index contributed by atoms with van der Waals surface area (Å²) >= 11 is 0. The van der Waals surface area contributed by atoms with Gasteiger partial charge in [-0.1, -0.05) is 0 Å². The Morgan fingerprint density at radius 2 is 1.39 bits per heavy atom. The molecule has 2 aliphatic heterocycles. The monoisotopic (exact) mass is 626 g/mol. The molecule has 17 nitrogen and oxygen atoms in total. The third-order valence-electron chi connectivity index (χ3n) is 7.41. The van der Waals surface area contributed by atoms with Gasteiger partial charge in [-0.25, -0.2) is 0 Å². The molecule has 1 aromatic heterocycles. The highest BCUT2D eigenvalue weighted by molar-refractivity contribution is 5.93. The molecule has 44 heavy (non-hydrogen) atoms. The van der Waals surface area contributed by atoms with E-state index in [-0.39, 0.29) is 5.56 Å². The van der Waals surface area contributed by atoms with Gasteiger partial charge in [0.15, 0.2) is 28.6 Å². The summed E-state index contributed by atoms with van der Waals surface area (Å²) in [4.78, 5) is 13.3. The van der Waals surface area contributed by atoms with E-state index >= 15 is 0 Å². The van der Waals surface area contributed by atoms with Crippen LogP contribution >= 0.6 is 0 Å². The molecule has 0 unspecified atom stereocenters. The number of aliphatic hydroxyl groups excluding tert-OH is 7. The Labute approximate surface area is 246 Å². The summed E-state index contributed by atoms with van der Waals surface area (Å²) in [5.41, 5.74) is -2.04. The summed E-state index contributed by atoms with van der Waals surface area (Å²) in [6, 6.07) is 3.91. The van der Waals surface area contributed by atoms with Gasteiger partial charge in [0.1, 0.15) is 53.9 Å². The van der Waals surface area contributed by atoms with Gasteiger partial charge in [0.05, 0.1) is 12.7 Å². The topological polar surface area (TPSA) is 290 Å². The summed E-state index contributed by atoms with van der Waals surface area (Å²) in [7, 11) is 0. The molecule has 3 aromatic rings. The maximum atomic E-state index is 13.3. The Kier molecular flexibility index (Phi) is 8.51. The first-order valence-corrected chi connectivity index (χ1v) is 13.2. The first-order valence-electron chi connectivity index (χ1n) is 13.2. The molecule has 2 fully saturated rings. The van der Waals surface area contributed by atoms with Crippen molar-refractivity contribution >= 4 is 11.0 Å². The lowest BCUT2D eigenvalue weighted by molar-refractivity contribution is -0.279. The number of phenols is 3. The highest BCUT2D eigenvalue weighted by Crippen LogP contribution is 2.46. The normalized spacial score (nSPS) is 32.5. The lowest BCUT2D eigenvalue weighted by Crippen LogP contribution is -2.60. The summed E-state index contributed by atoms with van der Waals surface area (Å²) in [5, 5.41) is 112. The lowest BCUT2D eigenvalue weighted by atomic mass is 9.99. The lowest BCUT2D eigenvalue weighted by Gasteiger charge is -2.40. The molecule has 0 saturated carbocycles. The number of hydrogen-bond acceptors (Lipinski definition) is 17. The van der Waals surface area contributed by atoms with Crippen LogP contribution in [0.25, 0.3) is 22.3 Å². The number of aliphatic hydroxyl groups is 7. The zero-order valence-electron chi connectivity index (χ0n) is 22.7. The van der Waals surface area contributed by atoms with Crippen molar-refractivity contribution < 1.29 is 79.5 Å². The van der Waals surface area contributed by atoms with Gasteiger partial charge in [-0.05, 0) is 25.1 Å². The first kappa shape index (κ1) is 31.5. The standard InChI is InChI=1S/C27H30O17/c1-7-15(32)18(35)21(38)26(40-7)41-12-5-11(31)14-17(34)20(37)23(8-2-3-9(29)10(30)4-8)43-25(14)24(12)44-27-22(39)19(36)16(33)13(6-28)42-27/h2-5,7,13,15-16,18-19,21-22,26-33,35-39H,6H2,1H3/t7-,13-,15+,16-,18+,19+,21-,22-,26+,27+/m1/s1. The van der Waals surface area contributed by atoms with Crippen LogP contribution < -0.4 is 14.9 Å². The molecule has 0 radical (unpaired) electrons. The molecule has 10 atom stereocenters. The summed E-state index contributed by atoms with van der Waals surface area (Å²) in [6.45, 7) is 0.530. The van der Waals surface area contributed by atoms with E-state index in [2.05, 4.69) is 0 Å². The fourth-order valence-electron chi connectivity index (χ4n) is 4.87. The third-order valence-corrected chi connectivity index (χ3v) is 7.41. The van der Waals surface area contributed by atoms with E-state index in [1.165, 1.54) is 6.92 Å². The van der Waals surface area contributed by atoms with E-state index in [4.69, 9.17) is 23.4 Å². The number of aromatic hydroxyl groups is 4. The zero-order valence-corrected chi connectivity index (χ0v) is 22.7. The summed E-state index contributed by atoms with van der Waals surface area (Å²) in [5.74, 6) is -4.95. The van der Waals surface area contributed by atoms with Crippen LogP contribution in [0.15, 0.2) is 33.5 Å². The van der Waals surface area contributed by atoms with E-state index in [1.54, 1.807) is 0 Å². The molecular weight excluding hydrogens is 596 g/mol. The van der Waals surface area contributed by atoms with Crippen molar-refractivity contribution in [2.24, 2.45) is 0 Å². The fraction of sp³-hybridized carbons (Fsp3) is 0.444. The average molecular weight is 627 g/mol. The number of rotatable bonds is 6. The predicted molar refractivity (Wildman–Crippen MR) is 142 cm³/mol. The predicted octanol–water partition coefficient (Wildman–Crippen LogP) is -2.33. The van der Waals surface area contributed by atoms with Crippen molar-refractivity contribution in [1.82, 2.24) is 0 Å². The second kappa shape index (κ2) is 11.9. The Morgan fingerprint density at radius 1 is 0.750 bits per heavy atom. The van der Waals surface area contributed by atoms with Gasteiger partial charge in [-0.2, -0.15) is 0 Å². The molecule has 2 saturated heterocycles. The van der Waals surface area contributed by atoms with Crippen LogP contribution in [0.5, 0.6) is 34.5 Å². The van der Waals surface area contributed by atoms with Crippen LogP contribution in [0.3, 0.4) is 0 Å². The Bertz CT molecular complexity index is 1590. The van der Waals surface area contributed by atoms with Gasteiger partial charge in [0.25, 0.3) is 0 Å². The van der Waals surface area contributed by atoms with E-state index in [0.717, 1.165) is 24.3 Å². The van der Waals surface area contributed by atoms with E-state index < -0.39 is 125 Å². The average Bonchev–Trinajstić information content (AvgIpc) is 2.99. The number of ether oxygens (including phenoxy) is 4. The second-order valence-corrected chi connectivity index (χ2v) is 10.4. The molecule has 2 aliphatic rings. The van der Waals surface area contributed by atoms with Crippen molar-refractivity contribution in [2.45, 2.75) is 68.3 Å². The molecule has 0 amide bonds. The number of phenolic OH excluding ortho intramolecular Hbond substituents is 3. The molecule has 0 bridgehead atoms. The van der Waals surface area contributed by atoms with E-state index in [0.29, 0.717) is 0 Å². The van der Waals surface area contributed by atoms with Crippen LogP contribution in [0, 0.1) is 0 Å². The molecule has 2 aromatic carbocycles. The molecular formula is C27H30O17. The largest absolute Gasteiger partial charge is 0.507 e. The number of hydrogen-bond donors (Lipinski definition) is 11. The molecule has 240 valence electrons. The smallest absolute Gasteiger partial charge is 0.238 e. The van der Waals surface area contributed by atoms with Crippen molar-refractivity contribution in [1.29, 1.82) is 0 Å². The maximum absolute atomic E-state index is 13.3. The van der Waals surface area contributed by atoms with Gasteiger partial charge in [-0.15, -0.1) is 0 Å². The fourth-order valence-corrected chi connectivity index (χ4v) is 4.87. The Balaban J connectivity index is 1.71. The van der Waals surface area contributed by atoms with Crippen molar-refractivity contribution in [3.63, 3.8) is 0 Å². The minimum Gasteiger partial charge on any atom is -0.507 e. The van der Waals surface area contributed by atoms with Crippen LogP contribution in [-0.2, 0) is 9.47 Å². The van der Waals surface area contributed by atoms with E-state index in [9.17, 15) is 61.0 Å². The summed E-state index contributed by atoms with van der Waals surface area (Å²) < 4.78 is 28.0. The van der Waals surface area contributed by atoms with Gasteiger partial charge < -0.3 is 79.5 Å². The zero-order chi connectivity index (χ0) is 32.2.